The molecular formula is C16H20ClN5O3. The summed E-state index contributed by atoms with van der Waals surface area (Å²) in [7, 11) is 0. The zero-order valence-electron chi connectivity index (χ0n) is 13.7. The number of hydrogen-bond acceptors (Lipinski definition) is 5. The molecule has 1 saturated heterocycles. The Hall–Kier alpha value is -2.45. The summed E-state index contributed by atoms with van der Waals surface area (Å²) < 4.78 is 1.47. The number of halogens is 1. The van der Waals surface area contributed by atoms with E-state index >= 15 is 0 Å². The molecule has 2 heterocycles. The smallest absolute Gasteiger partial charge is 0.272 e. The zero-order chi connectivity index (χ0) is 17.1. The fraction of sp³-hybridized carbons (Fsp3) is 0.375. The number of benzene rings is 1. The van der Waals surface area contributed by atoms with Gasteiger partial charge in [-0.25, -0.2) is 4.68 Å². The van der Waals surface area contributed by atoms with E-state index in [1.54, 1.807) is 24.4 Å². The van der Waals surface area contributed by atoms with Gasteiger partial charge in [0.15, 0.2) is 5.69 Å². The van der Waals surface area contributed by atoms with Crippen molar-refractivity contribution in [2.24, 2.45) is 0 Å². The summed E-state index contributed by atoms with van der Waals surface area (Å²) in [5, 5.41) is 21.4. The van der Waals surface area contributed by atoms with Gasteiger partial charge in [0, 0.05) is 30.4 Å². The lowest BCUT2D eigenvalue weighted by Crippen LogP contribution is -2.46. The van der Waals surface area contributed by atoms with Crippen LogP contribution in [0.4, 0.5) is 5.69 Å². The second-order valence-electron chi connectivity index (χ2n) is 5.97. The molecule has 2 aromatic rings. The number of nitrogens with one attached hydrogen (secondary N) is 2. The highest BCUT2D eigenvalue weighted by atomic mass is 35.5. The van der Waals surface area contributed by atoms with Crippen LogP contribution >= 0.6 is 12.4 Å². The number of amides is 1. The fourth-order valence-corrected chi connectivity index (χ4v) is 2.86. The van der Waals surface area contributed by atoms with E-state index in [2.05, 4.69) is 22.7 Å². The molecule has 2 atom stereocenters. The molecule has 134 valence electrons. The number of nitrogens with zero attached hydrogens (tertiary/aromatic N) is 3. The van der Waals surface area contributed by atoms with E-state index in [0.717, 1.165) is 19.4 Å². The van der Waals surface area contributed by atoms with Gasteiger partial charge in [0.2, 0.25) is 0 Å². The summed E-state index contributed by atoms with van der Waals surface area (Å²) in [4.78, 5) is 22.7. The highest BCUT2D eigenvalue weighted by Gasteiger charge is 2.21. The second kappa shape index (κ2) is 8.09. The Bertz CT molecular complexity index is 764. The van der Waals surface area contributed by atoms with Gasteiger partial charge in [0.05, 0.1) is 10.6 Å². The van der Waals surface area contributed by atoms with Gasteiger partial charge in [-0.3, -0.25) is 14.9 Å². The topological polar surface area (TPSA) is 102 Å². The normalized spacial score (nSPS) is 19.7. The largest absolute Gasteiger partial charge is 0.348 e. The first-order chi connectivity index (χ1) is 11.5. The van der Waals surface area contributed by atoms with E-state index in [1.165, 1.54) is 16.8 Å². The number of piperidine rings is 1. The van der Waals surface area contributed by atoms with Crippen molar-refractivity contribution in [1.29, 1.82) is 0 Å². The SMILES string of the molecule is CC1CC(NC(=O)c2ccn(-c3cccc([N+](=O)[O-])c3)n2)CCN1.Cl. The van der Waals surface area contributed by atoms with Crippen LogP contribution in [0, 0.1) is 10.1 Å². The van der Waals surface area contributed by atoms with E-state index < -0.39 is 4.92 Å². The third-order valence-electron chi connectivity index (χ3n) is 4.09. The maximum atomic E-state index is 12.3. The fourth-order valence-electron chi connectivity index (χ4n) is 2.86. The zero-order valence-corrected chi connectivity index (χ0v) is 14.5. The number of non-ortho nitro benzene ring substituents is 1. The lowest BCUT2D eigenvalue weighted by molar-refractivity contribution is -0.384. The molecule has 2 unspecified atom stereocenters. The molecule has 1 amide bonds. The number of aromatic nitrogens is 2. The van der Waals surface area contributed by atoms with E-state index in [1.807, 2.05) is 0 Å². The third-order valence-corrected chi connectivity index (χ3v) is 4.09. The van der Waals surface area contributed by atoms with Crippen molar-refractivity contribution in [3.63, 3.8) is 0 Å². The van der Waals surface area contributed by atoms with Crippen molar-refractivity contribution in [1.82, 2.24) is 20.4 Å². The molecule has 0 saturated carbocycles. The number of carbonyl (C=O) groups is 1. The molecule has 1 aliphatic heterocycles. The molecule has 1 fully saturated rings. The van der Waals surface area contributed by atoms with Gasteiger partial charge in [-0.1, -0.05) is 6.07 Å². The monoisotopic (exact) mass is 365 g/mol. The highest BCUT2D eigenvalue weighted by molar-refractivity contribution is 5.92. The van der Waals surface area contributed by atoms with Gasteiger partial charge in [0.1, 0.15) is 0 Å². The summed E-state index contributed by atoms with van der Waals surface area (Å²) in [6.45, 7) is 2.98. The van der Waals surface area contributed by atoms with Crippen LogP contribution in [0.25, 0.3) is 5.69 Å². The lowest BCUT2D eigenvalue weighted by atomic mass is 10.0. The Kier molecular flexibility index (Phi) is 6.11. The minimum absolute atomic E-state index is 0. The van der Waals surface area contributed by atoms with E-state index in [0.29, 0.717) is 17.4 Å². The van der Waals surface area contributed by atoms with E-state index in [-0.39, 0.29) is 30.0 Å². The summed E-state index contributed by atoms with van der Waals surface area (Å²) in [6, 6.07) is 8.26. The number of carbonyl (C=O) groups excluding carboxylic acids is 1. The Labute approximate surface area is 151 Å². The standard InChI is InChI=1S/C16H19N5O3.ClH/c1-11-9-12(5-7-17-11)18-16(22)15-6-8-20(19-15)13-3-2-4-14(10-13)21(23)24;/h2-4,6,8,10-12,17H,5,7,9H2,1H3,(H,18,22);1H. The van der Waals surface area contributed by atoms with Gasteiger partial charge in [-0.05, 0) is 38.4 Å². The van der Waals surface area contributed by atoms with Gasteiger partial charge < -0.3 is 10.6 Å². The minimum atomic E-state index is -0.459. The quantitative estimate of drug-likeness (QED) is 0.638. The third kappa shape index (κ3) is 4.55. The summed E-state index contributed by atoms with van der Waals surface area (Å²) in [6.07, 6.45) is 3.40. The van der Waals surface area contributed by atoms with Crippen LogP contribution < -0.4 is 10.6 Å². The molecule has 0 aliphatic carbocycles. The summed E-state index contributed by atoms with van der Waals surface area (Å²) >= 11 is 0. The molecule has 9 heteroatoms. The van der Waals surface area contributed by atoms with Crippen molar-refractivity contribution in [3.05, 3.63) is 52.3 Å². The first-order valence-corrected chi connectivity index (χ1v) is 7.87. The first kappa shape index (κ1) is 18.9. The molecule has 0 bridgehead atoms. The molecule has 0 spiro atoms. The number of nitro benzene ring substituents is 1. The van der Waals surface area contributed by atoms with Gasteiger partial charge in [0.25, 0.3) is 11.6 Å². The van der Waals surface area contributed by atoms with Crippen molar-refractivity contribution in [2.75, 3.05) is 6.54 Å². The van der Waals surface area contributed by atoms with Crippen LogP contribution in [0.15, 0.2) is 36.5 Å². The van der Waals surface area contributed by atoms with Crippen LogP contribution in [0.1, 0.15) is 30.3 Å². The Balaban J connectivity index is 0.00000225. The van der Waals surface area contributed by atoms with Crippen molar-refractivity contribution < 1.29 is 9.72 Å². The highest BCUT2D eigenvalue weighted by Crippen LogP contribution is 2.16. The van der Waals surface area contributed by atoms with Gasteiger partial charge >= 0.3 is 0 Å². The average molecular weight is 366 g/mol. The molecule has 1 aromatic heterocycles. The molecule has 1 aromatic carbocycles. The molecular weight excluding hydrogens is 346 g/mol. The van der Waals surface area contributed by atoms with Crippen molar-refractivity contribution >= 4 is 24.0 Å². The predicted molar refractivity (Wildman–Crippen MR) is 95.4 cm³/mol. The van der Waals surface area contributed by atoms with Crippen LogP contribution in [0.5, 0.6) is 0 Å². The van der Waals surface area contributed by atoms with Crippen LogP contribution in [-0.4, -0.2) is 39.2 Å². The van der Waals surface area contributed by atoms with Crippen molar-refractivity contribution in [2.45, 2.75) is 31.8 Å². The van der Waals surface area contributed by atoms with E-state index in [9.17, 15) is 14.9 Å². The molecule has 25 heavy (non-hydrogen) atoms. The second-order valence-corrected chi connectivity index (χ2v) is 5.97. The van der Waals surface area contributed by atoms with Crippen LogP contribution in [0.2, 0.25) is 0 Å². The lowest BCUT2D eigenvalue weighted by Gasteiger charge is -2.28. The van der Waals surface area contributed by atoms with Gasteiger partial charge in [-0.15, -0.1) is 12.4 Å². The van der Waals surface area contributed by atoms with E-state index in [4.69, 9.17) is 0 Å². The number of hydrogen-bond donors (Lipinski definition) is 2. The maximum absolute atomic E-state index is 12.3. The molecule has 0 radical (unpaired) electrons. The minimum Gasteiger partial charge on any atom is -0.348 e. The summed E-state index contributed by atoms with van der Waals surface area (Å²) in [5.41, 5.74) is 0.823. The molecule has 8 nitrogen and oxygen atoms in total. The first-order valence-electron chi connectivity index (χ1n) is 7.87. The Morgan fingerprint density at radius 1 is 1.44 bits per heavy atom. The predicted octanol–water partition coefficient (Wildman–Crippen LogP) is 2.07. The molecule has 1 aliphatic rings. The average Bonchev–Trinajstić information content (AvgIpc) is 3.05. The summed E-state index contributed by atoms with van der Waals surface area (Å²) in [5.74, 6) is -0.224. The Morgan fingerprint density at radius 2 is 2.24 bits per heavy atom. The molecule has 3 rings (SSSR count). The number of nitro groups is 1. The van der Waals surface area contributed by atoms with Crippen LogP contribution in [0.3, 0.4) is 0 Å². The molecule has 2 N–H and O–H groups in total. The van der Waals surface area contributed by atoms with Gasteiger partial charge in [-0.2, -0.15) is 5.10 Å². The van der Waals surface area contributed by atoms with Crippen molar-refractivity contribution in [3.8, 4) is 5.69 Å². The maximum Gasteiger partial charge on any atom is 0.272 e. The Morgan fingerprint density at radius 3 is 2.96 bits per heavy atom. The number of rotatable bonds is 4. The van der Waals surface area contributed by atoms with Crippen LogP contribution in [-0.2, 0) is 0 Å².